The van der Waals surface area contributed by atoms with Gasteiger partial charge in [0.15, 0.2) is 0 Å². The van der Waals surface area contributed by atoms with Crippen molar-refractivity contribution < 1.29 is 9.59 Å². The summed E-state index contributed by atoms with van der Waals surface area (Å²) in [6.07, 6.45) is 6.27. The molecule has 1 aromatic rings. The summed E-state index contributed by atoms with van der Waals surface area (Å²) in [4.78, 5) is 28.4. The van der Waals surface area contributed by atoms with Gasteiger partial charge in [-0.05, 0) is 25.8 Å². The molecule has 126 valence electrons. The van der Waals surface area contributed by atoms with Crippen molar-refractivity contribution in [2.24, 2.45) is 0 Å². The van der Waals surface area contributed by atoms with Crippen molar-refractivity contribution in [1.29, 1.82) is 0 Å². The van der Waals surface area contributed by atoms with Gasteiger partial charge in [0.1, 0.15) is 0 Å². The van der Waals surface area contributed by atoms with E-state index in [-0.39, 0.29) is 17.9 Å². The molecule has 2 aliphatic rings. The molecule has 7 heteroatoms. The number of nitrogens with zero attached hydrogens (tertiary/aromatic N) is 4. The lowest BCUT2D eigenvalue weighted by Gasteiger charge is -2.37. The minimum atomic E-state index is -0.114. The molecule has 1 saturated heterocycles. The van der Waals surface area contributed by atoms with E-state index in [2.05, 4.69) is 15.3 Å². The number of rotatable bonds is 6. The Hall–Kier alpha value is -1.89. The third kappa shape index (κ3) is 4.31. The minimum Gasteiger partial charge on any atom is -0.352 e. The van der Waals surface area contributed by atoms with Gasteiger partial charge in [0.25, 0.3) is 0 Å². The Morgan fingerprint density at radius 2 is 2.00 bits per heavy atom. The summed E-state index contributed by atoms with van der Waals surface area (Å²) in [6, 6.07) is 2.14. The zero-order valence-corrected chi connectivity index (χ0v) is 13.6. The SMILES string of the molecule is CC(C(=O)NC1CC1)N1CCN(C(=O)CCn2cccn2)CC1. The standard InChI is InChI=1S/C16H25N5O2/c1-13(16(23)18-14-3-4-14)19-9-11-20(12-10-19)15(22)5-8-21-7-2-6-17-21/h2,6-7,13-14H,3-5,8-12H2,1H3,(H,18,23). The van der Waals surface area contributed by atoms with Crippen molar-refractivity contribution in [1.82, 2.24) is 24.9 Å². The Kier molecular flexibility index (Phi) is 4.95. The van der Waals surface area contributed by atoms with Crippen molar-refractivity contribution in [3.8, 4) is 0 Å². The molecule has 2 heterocycles. The van der Waals surface area contributed by atoms with Gasteiger partial charge in [0.05, 0.1) is 6.04 Å². The van der Waals surface area contributed by atoms with E-state index in [9.17, 15) is 9.59 Å². The number of carbonyl (C=O) groups is 2. The van der Waals surface area contributed by atoms with Gasteiger partial charge in [-0.3, -0.25) is 19.2 Å². The van der Waals surface area contributed by atoms with Gasteiger partial charge < -0.3 is 10.2 Å². The molecule has 1 N–H and O–H groups in total. The molecule has 1 aliphatic carbocycles. The van der Waals surface area contributed by atoms with Crippen LogP contribution in [-0.4, -0.2) is 69.7 Å². The molecule has 1 unspecified atom stereocenters. The molecule has 1 saturated carbocycles. The Morgan fingerprint density at radius 3 is 2.61 bits per heavy atom. The highest BCUT2D eigenvalue weighted by Gasteiger charge is 2.30. The van der Waals surface area contributed by atoms with Crippen LogP contribution in [0.3, 0.4) is 0 Å². The van der Waals surface area contributed by atoms with Crippen molar-refractivity contribution in [2.45, 2.75) is 44.8 Å². The van der Waals surface area contributed by atoms with E-state index >= 15 is 0 Å². The van der Waals surface area contributed by atoms with Gasteiger partial charge in [-0.25, -0.2) is 0 Å². The zero-order chi connectivity index (χ0) is 16.2. The highest BCUT2D eigenvalue weighted by molar-refractivity contribution is 5.82. The predicted octanol–water partition coefficient (Wildman–Crippen LogP) is 0.0845. The predicted molar refractivity (Wildman–Crippen MR) is 85.6 cm³/mol. The number of piperazine rings is 1. The summed E-state index contributed by atoms with van der Waals surface area (Å²) < 4.78 is 1.78. The second-order valence-corrected chi connectivity index (χ2v) is 6.39. The fourth-order valence-corrected chi connectivity index (χ4v) is 2.87. The van der Waals surface area contributed by atoms with Crippen LogP contribution < -0.4 is 5.32 Å². The maximum Gasteiger partial charge on any atom is 0.237 e. The summed E-state index contributed by atoms with van der Waals surface area (Å²) in [6.45, 7) is 5.47. The molecule has 1 aliphatic heterocycles. The van der Waals surface area contributed by atoms with Crippen LogP contribution in [0.2, 0.25) is 0 Å². The Bertz CT molecular complexity index is 533. The Morgan fingerprint density at radius 1 is 1.26 bits per heavy atom. The van der Waals surface area contributed by atoms with Crippen molar-refractivity contribution in [2.75, 3.05) is 26.2 Å². The Labute approximate surface area is 136 Å². The molecule has 1 aromatic heterocycles. The molecule has 3 rings (SSSR count). The smallest absolute Gasteiger partial charge is 0.237 e. The average Bonchev–Trinajstić information content (AvgIpc) is 3.23. The van der Waals surface area contributed by atoms with Crippen LogP contribution in [0.4, 0.5) is 0 Å². The van der Waals surface area contributed by atoms with Crippen LogP contribution in [0.15, 0.2) is 18.5 Å². The zero-order valence-electron chi connectivity index (χ0n) is 13.6. The fourth-order valence-electron chi connectivity index (χ4n) is 2.87. The van der Waals surface area contributed by atoms with E-state index in [1.807, 2.05) is 24.1 Å². The molecule has 0 radical (unpaired) electrons. The average molecular weight is 319 g/mol. The summed E-state index contributed by atoms with van der Waals surface area (Å²) in [7, 11) is 0. The lowest BCUT2D eigenvalue weighted by Crippen LogP contribution is -2.55. The second-order valence-electron chi connectivity index (χ2n) is 6.39. The number of carbonyl (C=O) groups excluding carboxylic acids is 2. The van der Waals surface area contributed by atoms with E-state index in [0.29, 0.717) is 32.1 Å². The lowest BCUT2D eigenvalue weighted by atomic mass is 10.2. The maximum atomic E-state index is 12.2. The third-order valence-electron chi connectivity index (χ3n) is 4.63. The van der Waals surface area contributed by atoms with E-state index in [1.165, 1.54) is 0 Å². The van der Waals surface area contributed by atoms with Crippen LogP contribution in [0.25, 0.3) is 0 Å². The first-order valence-corrected chi connectivity index (χ1v) is 8.43. The number of aryl methyl sites for hydroxylation is 1. The van der Waals surface area contributed by atoms with Crippen molar-refractivity contribution >= 4 is 11.8 Å². The van der Waals surface area contributed by atoms with Crippen molar-refractivity contribution in [3.05, 3.63) is 18.5 Å². The lowest BCUT2D eigenvalue weighted by molar-refractivity contribution is -0.134. The first-order valence-electron chi connectivity index (χ1n) is 8.43. The van der Waals surface area contributed by atoms with E-state index < -0.39 is 0 Å². The van der Waals surface area contributed by atoms with Gasteiger partial charge in [0, 0.05) is 57.6 Å². The molecular formula is C16H25N5O2. The van der Waals surface area contributed by atoms with Crippen LogP contribution in [0.1, 0.15) is 26.2 Å². The molecule has 1 atom stereocenters. The fraction of sp³-hybridized carbons (Fsp3) is 0.688. The summed E-state index contributed by atoms with van der Waals surface area (Å²) >= 11 is 0. The normalized spacial score (nSPS) is 20.3. The van der Waals surface area contributed by atoms with Crippen LogP contribution in [0.5, 0.6) is 0 Å². The molecule has 7 nitrogen and oxygen atoms in total. The largest absolute Gasteiger partial charge is 0.352 e. The molecule has 2 amide bonds. The second kappa shape index (κ2) is 7.12. The van der Waals surface area contributed by atoms with Crippen LogP contribution in [-0.2, 0) is 16.1 Å². The molecule has 2 fully saturated rings. The maximum absolute atomic E-state index is 12.2. The summed E-state index contributed by atoms with van der Waals surface area (Å²) in [5.74, 6) is 0.279. The van der Waals surface area contributed by atoms with Gasteiger partial charge in [-0.1, -0.05) is 0 Å². The third-order valence-corrected chi connectivity index (χ3v) is 4.63. The van der Waals surface area contributed by atoms with Gasteiger partial charge in [-0.15, -0.1) is 0 Å². The molecule has 23 heavy (non-hydrogen) atoms. The van der Waals surface area contributed by atoms with E-state index in [1.54, 1.807) is 10.9 Å². The van der Waals surface area contributed by atoms with Crippen LogP contribution >= 0.6 is 0 Å². The number of amides is 2. The van der Waals surface area contributed by atoms with E-state index in [4.69, 9.17) is 0 Å². The summed E-state index contributed by atoms with van der Waals surface area (Å²) in [5.41, 5.74) is 0. The van der Waals surface area contributed by atoms with Gasteiger partial charge in [0.2, 0.25) is 11.8 Å². The minimum absolute atomic E-state index is 0.114. The number of hydrogen-bond acceptors (Lipinski definition) is 4. The molecule has 0 aromatic carbocycles. The number of hydrogen-bond donors (Lipinski definition) is 1. The monoisotopic (exact) mass is 319 g/mol. The highest BCUT2D eigenvalue weighted by atomic mass is 16.2. The molecular weight excluding hydrogens is 294 g/mol. The quantitative estimate of drug-likeness (QED) is 0.806. The molecule has 0 spiro atoms. The summed E-state index contributed by atoms with van der Waals surface area (Å²) in [5, 5.41) is 7.16. The Balaban J connectivity index is 1.40. The topological polar surface area (TPSA) is 70.5 Å². The van der Waals surface area contributed by atoms with E-state index in [0.717, 1.165) is 25.9 Å². The molecule has 0 bridgehead atoms. The highest BCUT2D eigenvalue weighted by Crippen LogP contribution is 2.19. The number of nitrogens with one attached hydrogen (secondary N) is 1. The number of aromatic nitrogens is 2. The van der Waals surface area contributed by atoms with Gasteiger partial charge >= 0.3 is 0 Å². The van der Waals surface area contributed by atoms with Gasteiger partial charge in [-0.2, -0.15) is 5.10 Å². The first-order chi connectivity index (χ1) is 11.1. The van der Waals surface area contributed by atoms with Crippen LogP contribution in [0, 0.1) is 0 Å². The van der Waals surface area contributed by atoms with Crippen molar-refractivity contribution in [3.63, 3.8) is 0 Å². The first kappa shape index (κ1) is 16.0.